The minimum atomic E-state index is -7.12. The fourth-order valence-corrected chi connectivity index (χ4v) is 5.73. The van der Waals surface area contributed by atoms with Crippen molar-refractivity contribution in [1.82, 2.24) is 0 Å². The molecule has 1 nitrogen and oxygen atoms in total. The van der Waals surface area contributed by atoms with Crippen molar-refractivity contribution < 1.29 is 48.7 Å². The van der Waals surface area contributed by atoms with Gasteiger partial charge in [0.2, 0.25) is 0 Å². The van der Waals surface area contributed by atoms with E-state index in [0.29, 0.717) is 16.2 Å². The first kappa shape index (κ1) is 30.6. The first-order chi connectivity index (χ1) is 16.4. The molecule has 2 aromatic rings. The third-order valence-electron chi connectivity index (χ3n) is 5.63. The summed E-state index contributed by atoms with van der Waals surface area (Å²) in [5, 5.41) is 0. The summed E-state index contributed by atoms with van der Waals surface area (Å²) in [4.78, 5) is 14.5. The maximum absolute atomic E-state index is 14.2. The van der Waals surface area contributed by atoms with Crippen LogP contribution >= 0.6 is 22.7 Å². The van der Waals surface area contributed by atoms with Crippen molar-refractivity contribution in [2.24, 2.45) is 0 Å². The van der Waals surface area contributed by atoms with Crippen LogP contribution in [0, 0.1) is 13.8 Å². The Kier molecular flexibility index (Phi) is 9.35. The van der Waals surface area contributed by atoms with E-state index in [2.05, 4.69) is 6.92 Å². The summed E-state index contributed by atoms with van der Waals surface area (Å²) in [5.41, 5.74) is 0.483. The molecule has 0 saturated heterocycles. The highest BCUT2D eigenvalue weighted by atomic mass is 32.1. The number of carbonyl (C=O) groups excluding carboxylic acids is 1. The van der Waals surface area contributed by atoms with Gasteiger partial charge in [-0.3, -0.25) is 4.79 Å². The molecule has 0 atom stereocenters. The molecule has 13 heteroatoms. The van der Waals surface area contributed by atoms with Gasteiger partial charge in [-0.1, -0.05) is 26.2 Å². The van der Waals surface area contributed by atoms with Gasteiger partial charge in [-0.25, -0.2) is 8.78 Å². The molecule has 0 aliphatic heterocycles. The van der Waals surface area contributed by atoms with Crippen LogP contribution in [0.2, 0.25) is 0 Å². The van der Waals surface area contributed by atoms with Crippen LogP contribution in [0.5, 0.6) is 0 Å². The van der Waals surface area contributed by atoms with E-state index in [-0.39, 0.29) is 4.88 Å². The van der Waals surface area contributed by atoms with Crippen molar-refractivity contribution >= 4 is 28.5 Å². The Morgan fingerprint density at radius 1 is 0.889 bits per heavy atom. The first-order valence-electron chi connectivity index (χ1n) is 10.9. The third-order valence-corrected chi connectivity index (χ3v) is 7.95. The monoisotopic (exact) mass is 570 g/mol. The van der Waals surface area contributed by atoms with Crippen LogP contribution in [0.25, 0.3) is 9.75 Å². The molecule has 0 aliphatic carbocycles. The molecule has 0 N–H and O–H groups in total. The largest absolute Gasteiger partial charge is 0.384 e. The number of Topliss-reactive ketones (excluding diaryl/α,β-unsaturated/α-hetero) is 1. The van der Waals surface area contributed by atoms with Gasteiger partial charge in [-0.05, 0) is 44.4 Å². The summed E-state index contributed by atoms with van der Waals surface area (Å²) in [5.74, 6) is -28.6. The first-order valence-corrected chi connectivity index (χ1v) is 12.6. The minimum absolute atomic E-state index is 0.147. The normalized spacial score (nSPS) is 13.6. The molecule has 2 heterocycles. The van der Waals surface area contributed by atoms with E-state index in [9.17, 15) is 48.7 Å². The average molecular weight is 571 g/mol. The molecule has 2 aromatic heterocycles. The van der Waals surface area contributed by atoms with Crippen molar-refractivity contribution in [3.05, 3.63) is 33.0 Å². The molecule has 0 saturated carbocycles. The number of alkyl halides is 10. The van der Waals surface area contributed by atoms with E-state index >= 15 is 0 Å². The molecular formula is C23H24F10OS2. The number of rotatable bonds is 13. The molecule has 0 spiro atoms. The summed E-state index contributed by atoms with van der Waals surface area (Å²) in [6.07, 6.45) is -3.25. The van der Waals surface area contributed by atoms with Gasteiger partial charge >= 0.3 is 30.1 Å². The summed E-state index contributed by atoms with van der Waals surface area (Å²) in [6, 6.07) is 2.84. The third kappa shape index (κ3) is 5.76. The van der Waals surface area contributed by atoms with Gasteiger partial charge in [0.25, 0.3) is 0 Å². The molecule has 0 aliphatic rings. The van der Waals surface area contributed by atoms with Crippen LogP contribution in [0.15, 0.2) is 12.1 Å². The molecule has 0 radical (unpaired) electrons. The summed E-state index contributed by atoms with van der Waals surface area (Å²) in [7, 11) is 0. The lowest BCUT2D eigenvalue weighted by Gasteiger charge is -2.36. The van der Waals surface area contributed by atoms with Crippen LogP contribution in [0.3, 0.4) is 0 Å². The van der Waals surface area contributed by atoms with Crippen LogP contribution in [-0.2, 0) is 6.42 Å². The number of thiophene rings is 2. The maximum Gasteiger partial charge on any atom is 0.384 e. The highest BCUT2D eigenvalue weighted by molar-refractivity contribution is 7.22. The van der Waals surface area contributed by atoms with Gasteiger partial charge in [0.15, 0.2) is 5.78 Å². The van der Waals surface area contributed by atoms with Crippen LogP contribution in [0.4, 0.5) is 43.9 Å². The lowest BCUT2D eigenvalue weighted by atomic mass is 9.93. The minimum Gasteiger partial charge on any atom is -0.294 e. The lowest BCUT2D eigenvalue weighted by molar-refractivity contribution is -0.382. The van der Waals surface area contributed by atoms with Gasteiger partial charge in [-0.2, -0.15) is 35.1 Å². The highest BCUT2D eigenvalue weighted by Gasteiger charge is 2.82. The van der Waals surface area contributed by atoms with Gasteiger partial charge in [0.1, 0.15) is 0 Å². The van der Waals surface area contributed by atoms with Gasteiger partial charge in [-0.15, -0.1) is 22.7 Å². The predicted octanol–water partition coefficient (Wildman–Crippen LogP) is 9.60. The zero-order valence-corrected chi connectivity index (χ0v) is 21.1. The molecular weight excluding hydrogens is 546 g/mol. The van der Waals surface area contributed by atoms with E-state index in [1.165, 1.54) is 18.3 Å². The van der Waals surface area contributed by atoms with Crippen molar-refractivity contribution in [1.29, 1.82) is 0 Å². The number of hydrogen-bond donors (Lipinski definition) is 0. The van der Waals surface area contributed by atoms with Crippen LogP contribution in [-0.4, -0.2) is 35.9 Å². The van der Waals surface area contributed by atoms with E-state index in [1.807, 2.05) is 6.92 Å². The summed E-state index contributed by atoms with van der Waals surface area (Å²) >= 11 is 2.22. The van der Waals surface area contributed by atoms with Crippen LogP contribution in [0.1, 0.15) is 64.7 Å². The Labute approximate surface area is 209 Å². The lowest BCUT2D eigenvalue weighted by Crippen LogP contribution is -2.64. The summed E-state index contributed by atoms with van der Waals surface area (Å²) < 4.78 is 134. The van der Waals surface area contributed by atoms with Crippen LogP contribution < -0.4 is 0 Å². The SMILES string of the molecule is CCCCCCc1cc(-c2sc(C)cc2C(=O)CC(F)(F)C(F)(F)C(F)(F)C(F)(F)C(F)F)sc1C. The second-order valence-corrected chi connectivity index (χ2v) is 11.0. The van der Waals surface area contributed by atoms with Gasteiger partial charge < -0.3 is 0 Å². The number of carbonyl (C=O) groups is 1. The van der Waals surface area contributed by atoms with E-state index < -0.39 is 47.9 Å². The second kappa shape index (κ2) is 11.0. The zero-order valence-electron chi connectivity index (χ0n) is 19.5. The van der Waals surface area contributed by atoms with E-state index in [4.69, 9.17) is 0 Å². The molecule has 36 heavy (non-hydrogen) atoms. The Balaban J connectivity index is 2.35. The number of ketones is 1. The zero-order chi connectivity index (χ0) is 27.7. The van der Waals surface area contributed by atoms with E-state index in [0.717, 1.165) is 53.5 Å². The van der Waals surface area contributed by atoms with Gasteiger partial charge in [0.05, 0.1) is 11.3 Å². The Hall–Kier alpha value is -1.63. The van der Waals surface area contributed by atoms with Crippen molar-refractivity contribution in [3.63, 3.8) is 0 Å². The van der Waals surface area contributed by atoms with Crippen molar-refractivity contribution in [3.8, 4) is 9.75 Å². The predicted molar refractivity (Wildman–Crippen MR) is 120 cm³/mol. The highest BCUT2D eigenvalue weighted by Crippen LogP contribution is 2.55. The fourth-order valence-electron chi connectivity index (χ4n) is 3.51. The molecule has 0 amide bonds. The molecule has 0 bridgehead atoms. The topological polar surface area (TPSA) is 17.1 Å². The molecule has 204 valence electrons. The fraction of sp³-hybridized carbons (Fsp3) is 0.609. The maximum atomic E-state index is 14.2. The Morgan fingerprint density at radius 3 is 2.06 bits per heavy atom. The van der Waals surface area contributed by atoms with E-state index in [1.54, 1.807) is 6.07 Å². The Morgan fingerprint density at radius 2 is 1.50 bits per heavy atom. The molecule has 2 rings (SSSR count). The number of unbranched alkanes of at least 4 members (excludes halogenated alkanes) is 3. The molecule has 0 unspecified atom stereocenters. The second-order valence-electron chi connectivity index (χ2n) is 8.48. The standard InChI is InChI=1S/C23H24F10OS2/c1-4-5-6-7-8-14-10-17(36-13(14)3)18-15(9-12(2)35-18)16(34)11-20(26,27)22(30,31)23(32,33)21(28,29)19(24)25/h9-10,19H,4-8,11H2,1-3H3. The average Bonchev–Trinajstić information content (AvgIpc) is 3.32. The smallest absolute Gasteiger partial charge is 0.294 e. The quantitative estimate of drug-likeness (QED) is 0.133. The molecule has 0 aromatic carbocycles. The van der Waals surface area contributed by atoms with Crippen molar-refractivity contribution in [2.45, 2.75) is 89.4 Å². The van der Waals surface area contributed by atoms with Gasteiger partial charge in [0, 0.05) is 20.2 Å². The number of halogens is 10. The number of hydrogen-bond acceptors (Lipinski definition) is 3. The number of aryl methyl sites for hydroxylation is 3. The Bertz CT molecular complexity index is 1060. The summed E-state index contributed by atoms with van der Waals surface area (Å²) in [6.45, 7) is 5.36. The van der Waals surface area contributed by atoms with Crippen molar-refractivity contribution in [2.75, 3.05) is 0 Å². The molecule has 0 fully saturated rings.